The largest absolute Gasteiger partial charge is 0.321 e. The summed E-state index contributed by atoms with van der Waals surface area (Å²) in [7, 11) is 0. The maximum absolute atomic E-state index is 11.5. The van der Waals surface area contributed by atoms with E-state index in [9.17, 15) is 4.79 Å². The monoisotopic (exact) mass is 214 g/mol. The van der Waals surface area contributed by atoms with E-state index < -0.39 is 6.17 Å². The topological polar surface area (TPSA) is 79.5 Å². The molecule has 1 aromatic carbocycles. The lowest BCUT2D eigenvalue weighted by Gasteiger charge is -2.20. The first-order valence-electron chi connectivity index (χ1n) is 4.96. The molecule has 2 aliphatic rings. The maximum atomic E-state index is 11.5. The fourth-order valence-corrected chi connectivity index (χ4v) is 1.94. The molecule has 4 N–H and O–H groups in total. The minimum absolute atomic E-state index is 0.231. The number of allylic oxidation sites excluding steroid dienone is 1. The van der Waals surface area contributed by atoms with Crippen LogP contribution in [-0.4, -0.2) is 17.8 Å². The summed E-state index contributed by atoms with van der Waals surface area (Å²) in [6, 6.07) is 7.86. The zero-order valence-electron chi connectivity index (χ0n) is 8.40. The Labute approximate surface area is 92.0 Å². The Morgan fingerprint density at radius 2 is 2.19 bits per heavy atom. The number of rotatable bonds is 1. The minimum Gasteiger partial charge on any atom is -0.321 e. The van der Waals surface area contributed by atoms with E-state index in [1.54, 1.807) is 0 Å². The van der Waals surface area contributed by atoms with Crippen LogP contribution < -0.4 is 16.6 Å². The van der Waals surface area contributed by atoms with E-state index in [-0.39, 0.29) is 5.91 Å². The van der Waals surface area contributed by atoms with E-state index in [0.29, 0.717) is 0 Å². The van der Waals surface area contributed by atoms with Crippen molar-refractivity contribution in [1.82, 2.24) is 10.7 Å². The fraction of sp³-hybridized carbons (Fsp3) is 0.0909. The zero-order chi connectivity index (χ0) is 11.1. The van der Waals surface area contributed by atoms with Gasteiger partial charge in [0.2, 0.25) is 0 Å². The molecule has 0 spiro atoms. The highest BCUT2D eigenvalue weighted by Crippen LogP contribution is 2.26. The number of nitrogens with two attached hydrogens (primary N) is 1. The van der Waals surface area contributed by atoms with E-state index in [1.807, 2.05) is 30.3 Å². The fourth-order valence-electron chi connectivity index (χ4n) is 1.94. The van der Waals surface area contributed by atoms with Gasteiger partial charge in [0.25, 0.3) is 5.91 Å². The molecule has 3 rings (SSSR count). The molecular weight excluding hydrogens is 204 g/mol. The first kappa shape index (κ1) is 9.26. The summed E-state index contributed by atoms with van der Waals surface area (Å²) >= 11 is 0. The number of amides is 1. The van der Waals surface area contributed by atoms with Crippen molar-refractivity contribution in [3.05, 3.63) is 41.1 Å². The predicted octanol–water partition coefficient (Wildman–Crippen LogP) is -0.251. The van der Waals surface area contributed by atoms with Gasteiger partial charge in [-0.05, 0) is 11.6 Å². The molecule has 1 heterocycles. The zero-order valence-corrected chi connectivity index (χ0v) is 8.40. The molecule has 0 aromatic heterocycles. The van der Waals surface area contributed by atoms with Crippen molar-refractivity contribution in [3.8, 4) is 0 Å². The number of nitrogens with zero attached hydrogens (tertiary/aromatic N) is 1. The van der Waals surface area contributed by atoms with Crippen LogP contribution in [0.4, 0.5) is 0 Å². The number of carbonyl (C=O) groups is 1. The Bertz CT molecular complexity index is 533. The molecule has 1 unspecified atom stereocenters. The smallest absolute Gasteiger partial charge is 0.265 e. The standard InChI is InChI=1S/C11H10N4O/c12-15-10-11(16)13-8-5-6-3-1-2-4-7(6)9(8)14-10/h1-5,10,15H,12H2,(H,13,16). The molecule has 5 heteroatoms. The second kappa shape index (κ2) is 3.26. The molecule has 80 valence electrons. The van der Waals surface area contributed by atoms with Crippen LogP contribution in [0.1, 0.15) is 11.1 Å². The van der Waals surface area contributed by atoms with Crippen molar-refractivity contribution in [2.45, 2.75) is 6.17 Å². The van der Waals surface area contributed by atoms with Crippen molar-refractivity contribution in [2.24, 2.45) is 10.8 Å². The van der Waals surface area contributed by atoms with Crippen LogP contribution in [0.15, 0.2) is 35.0 Å². The van der Waals surface area contributed by atoms with Gasteiger partial charge in [0, 0.05) is 5.56 Å². The molecule has 1 aromatic rings. The highest BCUT2D eigenvalue weighted by molar-refractivity contribution is 6.23. The molecule has 0 radical (unpaired) electrons. The molecular formula is C11H10N4O. The summed E-state index contributed by atoms with van der Waals surface area (Å²) in [6.07, 6.45) is 1.21. The van der Waals surface area contributed by atoms with Crippen LogP contribution >= 0.6 is 0 Å². The number of carbonyl (C=O) groups excluding carboxylic acids is 1. The van der Waals surface area contributed by atoms with Crippen molar-refractivity contribution < 1.29 is 4.79 Å². The van der Waals surface area contributed by atoms with Crippen LogP contribution in [0.2, 0.25) is 0 Å². The summed E-state index contributed by atoms with van der Waals surface area (Å²) in [6.45, 7) is 0. The Kier molecular flexibility index (Phi) is 1.89. The summed E-state index contributed by atoms with van der Waals surface area (Å²) < 4.78 is 0. The number of benzene rings is 1. The second-order valence-electron chi connectivity index (χ2n) is 3.68. The van der Waals surface area contributed by atoms with Gasteiger partial charge < -0.3 is 5.32 Å². The molecule has 5 nitrogen and oxygen atoms in total. The van der Waals surface area contributed by atoms with Gasteiger partial charge >= 0.3 is 0 Å². The number of aliphatic imine (C=N–C) groups is 1. The lowest BCUT2D eigenvalue weighted by atomic mass is 10.1. The molecule has 0 saturated heterocycles. The molecule has 0 fully saturated rings. The van der Waals surface area contributed by atoms with Gasteiger partial charge in [-0.25, -0.2) is 5.43 Å². The molecule has 1 amide bonds. The Hall–Kier alpha value is -1.98. The molecule has 16 heavy (non-hydrogen) atoms. The van der Waals surface area contributed by atoms with Crippen molar-refractivity contribution in [2.75, 3.05) is 0 Å². The van der Waals surface area contributed by atoms with Gasteiger partial charge in [0.15, 0.2) is 6.17 Å². The highest BCUT2D eigenvalue weighted by atomic mass is 16.2. The van der Waals surface area contributed by atoms with E-state index in [2.05, 4.69) is 15.7 Å². The van der Waals surface area contributed by atoms with Gasteiger partial charge in [0.1, 0.15) is 0 Å². The Morgan fingerprint density at radius 1 is 1.38 bits per heavy atom. The lowest BCUT2D eigenvalue weighted by Crippen LogP contribution is -2.50. The van der Waals surface area contributed by atoms with Crippen LogP contribution in [0, 0.1) is 0 Å². The lowest BCUT2D eigenvalue weighted by molar-refractivity contribution is -0.122. The van der Waals surface area contributed by atoms with E-state index in [4.69, 9.17) is 5.84 Å². The summed E-state index contributed by atoms with van der Waals surface area (Å²) in [5, 5.41) is 2.78. The first-order chi connectivity index (χ1) is 7.79. The summed E-state index contributed by atoms with van der Waals surface area (Å²) in [5.74, 6) is 5.03. The van der Waals surface area contributed by atoms with Gasteiger partial charge in [-0.3, -0.25) is 15.6 Å². The number of hydrogen-bond acceptors (Lipinski definition) is 4. The van der Waals surface area contributed by atoms with Crippen LogP contribution in [-0.2, 0) is 4.79 Å². The molecule has 1 atom stereocenters. The van der Waals surface area contributed by atoms with Crippen molar-refractivity contribution in [3.63, 3.8) is 0 Å². The summed E-state index contributed by atoms with van der Waals surface area (Å²) in [4.78, 5) is 15.8. The van der Waals surface area contributed by atoms with E-state index in [0.717, 1.165) is 22.5 Å². The average molecular weight is 214 g/mol. The third kappa shape index (κ3) is 1.19. The van der Waals surface area contributed by atoms with Gasteiger partial charge in [0.05, 0.1) is 11.4 Å². The third-order valence-corrected chi connectivity index (χ3v) is 2.69. The number of hydrogen-bond donors (Lipinski definition) is 3. The normalized spacial score (nSPS) is 21.8. The van der Waals surface area contributed by atoms with Crippen molar-refractivity contribution >= 4 is 17.7 Å². The number of fused-ring (bicyclic) bond motifs is 3. The Balaban J connectivity index is 2.14. The van der Waals surface area contributed by atoms with E-state index in [1.165, 1.54) is 0 Å². The van der Waals surface area contributed by atoms with Crippen LogP contribution in [0.25, 0.3) is 6.08 Å². The predicted molar refractivity (Wildman–Crippen MR) is 60.2 cm³/mol. The van der Waals surface area contributed by atoms with Gasteiger partial charge in [-0.15, -0.1) is 0 Å². The summed E-state index contributed by atoms with van der Waals surface area (Å²) in [5.41, 5.74) is 6.00. The van der Waals surface area contributed by atoms with Gasteiger partial charge in [-0.2, -0.15) is 0 Å². The number of hydrazine groups is 1. The maximum Gasteiger partial charge on any atom is 0.265 e. The first-order valence-corrected chi connectivity index (χ1v) is 4.96. The minimum atomic E-state index is -0.710. The molecule has 0 saturated carbocycles. The third-order valence-electron chi connectivity index (χ3n) is 2.69. The second-order valence-corrected chi connectivity index (χ2v) is 3.68. The highest BCUT2D eigenvalue weighted by Gasteiger charge is 2.30. The molecule has 1 aliphatic heterocycles. The molecule has 1 aliphatic carbocycles. The molecule has 0 bridgehead atoms. The number of nitrogens with one attached hydrogen (secondary N) is 2. The van der Waals surface area contributed by atoms with Gasteiger partial charge in [-0.1, -0.05) is 24.3 Å². The van der Waals surface area contributed by atoms with Crippen molar-refractivity contribution in [1.29, 1.82) is 0 Å². The van der Waals surface area contributed by atoms with Crippen LogP contribution in [0.5, 0.6) is 0 Å². The van der Waals surface area contributed by atoms with E-state index >= 15 is 0 Å². The quantitative estimate of drug-likeness (QED) is 0.445. The SMILES string of the molecule is NNC1N=C2C(=Cc3ccccc32)NC1=O. The average Bonchev–Trinajstić information content (AvgIpc) is 2.65. The Morgan fingerprint density at radius 3 is 3.00 bits per heavy atom. The van der Waals surface area contributed by atoms with Crippen LogP contribution in [0.3, 0.4) is 0 Å².